The smallest absolute Gasteiger partial charge is 0.0720 e. The molecule has 0 spiro atoms. The minimum Gasteiger partial charge on any atom is -0.545 e. The summed E-state index contributed by atoms with van der Waals surface area (Å²) in [5.74, 6) is -1.07. The highest BCUT2D eigenvalue weighted by Crippen LogP contribution is 2.28. The Bertz CT molecular complexity index is 451. The summed E-state index contributed by atoms with van der Waals surface area (Å²) in [7, 11) is 0. The van der Waals surface area contributed by atoms with Crippen molar-refractivity contribution in [3.63, 3.8) is 0 Å². The number of aromatic carboxylic acids is 1. The minimum absolute atomic E-state index is 0.147. The van der Waals surface area contributed by atoms with E-state index in [1.165, 1.54) is 5.56 Å². The molecule has 0 unspecified atom stereocenters. The van der Waals surface area contributed by atoms with Crippen molar-refractivity contribution in [2.24, 2.45) is 5.41 Å². The molecule has 2 heteroatoms. The van der Waals surface area contributed by atoms with Gasteiger partial charge in [-0.3, -0.25) is 0 Å². The van der Waals surface area contributed by atoms with Crippen LogP contribution in [0.1, 0.15) is 53.4 Å². The summed E-state index contributed by atoms with van der Waals surface area (Å²) in [6, 6.07) is 1.94. The van der Waals surface area contributed by atoms with Gasteiger partial charge >= 0.3 is 0 Å². The van der Waals surface area contributed by atoms with Crippen molar-refractivity contribution in [1.29, 1.82) is 0 Å². The number of aryl methyl sites for hydroxylation is 2. The van der Waals surface area contributed by atoms with Crippen molar-refractivity contribution < 1.29 is 9.90 Å². The Hall–Kier alpha value is -1.31. The first-order valence-corrected chi connectivity index (χ1v) is 5.94. The van der Waals surface area contributed by atoms with Gasteiger partial charge in [0, 0.05) is 5.56 Å². The van der Waals surface area contributed by atoms with Crippen LogP contribution in [0, 0.1) is 26.2 Å². The van der Waals surface area contributed by atoms with Crippen molar-refractivity contribution in [2.75, 3.05) is 0 Å². The molecule has 0 radical (unpaired) electrons. The summed E-state index contributed by atoms with van der Waals surface area (Å²) < 4.78 is 0. The van der Waals surface area contributed by atoms with E-state index in [1.54, 1.807) is 0 Å². The predicted octanol–water partition coefficient (Wildman–Crippen LogP) is 2.56. The largest absolute Gasteiger partial charge is 0.545 e. The number of hydrogen-bond acceptors (Lipinski definition) is 2. The minimum atomic E-state index is -1.07. The van der Waals surface area contributed by atoms with Crippen LogP contribution in [0.15, 0.2) is 6.07 Å². The van der Waals surface area contributed by atoms with Gasteiger partial charge in [0.15, 0.2) is 0 Å². The van der Waals surface area contributed by atoms with E-state index in [0.717, 1.165) is 23.1 Å². The summed E-state index contributed by atoms with van der Waals surface area (Å²) in [5.41, 5.74) is 4.46. The first-order valence-electron chi connectivity index (χ1n) is 5.94. The Morgan fingerprint density at radius 1 is 1.18 bits per heavy atom. The lowest BCUT2D eigenvalue weighted by molar-refractivity contribution is -0.255. The Balaban J connectivity index is 3.41. The molecule has 0 fully saturated rings. The second-order valence-electron chi connectivity index (χ2n) is 6.01. The number of carboxylic acid groups (broad SMARTS) is 1. The number of carboxylic acids is 1. The molecule has 0 heterocycles. The Labute approximate surface area is 104 Å². The van der Waals surface area contributed by atoms with Crippen molar-refractivity contribution in [1.82, 2.24) is 0 Å². The van der Waals surface area contributed by atoms with E-state index >= 15 is 0 Å². The van der Waals surface area contributed by atoms with Crippen LogP contribution in [-0.2, 0) is 6.42 Å². The molecule has 0 saturated heterocycles. The van der Waals surface area contributed by atoms with Crippen LogP contribution in [0.2, 0.25) is 0 Å². The van der Waals surface area contributed by atoms with E-state index in [2.05, 4.69) is 20.8 Å². The van der Waals surface area contributed by atoms with Gasteiger partial charge in [-0.15, -0.1) is 0 Å². The number of rotatable bonds is 2. The van der Waals surface area contributed by atoms with Crippen molar-refractivity contribution in [3.8, 4) is 0 Å². The average Bonchev–Trinajstić information content (AvgIpc) is 2.09. The molecule has 0 atom stereocenters. The Morgan fingerprint density at radius 3 is 2.12 bits per heavy atom. The summed E-state index contributed by atoms with van der Waals surface area (Å²) in [5, 5.41) is 11.2. The van der Waals surface area contributed by atoms with Gasteiger partial charge in [-0.1, -0.05) is 26.8 Å². The van der Waals surface area contributed by atoms with E-state index in [4.69, 9.17) is 0 Å². The van der Waals surface area contributed by atoms with Gasteiger partial charge in [0.05, 0.1) is 5.97 Å². The van der Waals surface area contributed by atoms with Gasteiger partial charge in [0.25, 0.3) is 0 Å². The summed E-state index contributed by atoms with van der Waals surface area (Å²) in [6.07, 6.45) is 0.880. The zero-order valence-corrected chi connectivity index (χ0v) is 11.6. The van der Waals surface area contributed by atoms with Crippen LogP contribution in [0.25, 0.3) is 0 Å². The molecular formula is C15H21O2-. The van der Waals surface area contributed by atoms with Gasteiger partial charge in [-0.05, 0) is 54.9 Å². The van der Waals surface area contributed by atoms with Crippen LogP contribution >= 0.6 is 0 Å². The fraction of sp³-hybridized carbons (Fsp3) is 0.533. The standard InChI is InChI=1S/C15H22O2/c1-9-7-10(2)13(14(16)17)11(3)12(9)8-15(4,5)6/h7H,8H2,1-6H3,(H,16,17)/p-1. The lowest BCUT2D eigenvalue weighted by Crippen LogP contribution is -2.25. The highest BCUT2D eigenvalue weighted by Gasteiger charge is 2.17. The van der Waals surface area contributed by atoms with Crippen LogP contribution in [0.5, 0.6) is 0 Å². The lowest BCUT2D eigenvalue weighted by Gasteiger charge is -2.24. The van der Waals surface area contributed by atoms with Crippen molar-refractivity contribution >= 4 is 5.97 Å². The third-order valence-corrected chi connectivity index (χ3v) is 3.04. The summed E-state index contributed by atoms with van der Waals surface area (Å²) in [4.78, 5) is 11.2. The number of hydrogen-bond donors (Lipinski definition) is 0. The molecule has 2 nitrogen and oxygen atoms in total. The van der Waals surface area contributed by atoms with Gasteiger partial charge < -0.3 is 9.90 Å². The summed E-state index contributed by atoms with van der Waals surface area (Å²) in [6.45, 7) is 12.2. The SMILES string of the molecule is Cc1cc(C)c(C(=O)[O-])c(C)c1CC(C)(C)C. The molecule has 0 saturated carbocycles. The maximum Gasteiger partial charge on any atom is 0.0720 e. The topological polar surface area (TPSA) is 40.1 Å². The quantitative estimate of drug-likeness (QED) is 0.787. The van der Waals surface area contributed by atoms with Gasteiger partial charge in [0.2, 0.25) is 0 Å². The van der Waals surface area contributed by atoms with E-state index < -0.39 is 5.97 Å². The van der Waals surface area contributed by atoms with E-state index in [0.29, 0.717) is 5.56 Å². The summed E-state index contributed by atoms with van der Waals surface area (Å²) >= 11 is 0. The molecule has 0 aliphatic heterocycles. The van der Waals surface area contributed by atoms with Gasteiger partial charge in [-0.2, -0.15) is 0 Å². The first kappa shape index (κ1) is 13.8. The maximum atomic E-state index is 11.2. The highest BCUT2D eigenvalue weighted by atomic mass is 16.4. The molecule has 0 N–H and O–H groups in total. The zero-order valence-electron chi connectivity index (χ0n) is 11.6. The molecule has 0 aliphatic carbocycles. The fourth-order valence-corrected chi connectivity index (χ4v) is 2.34. The maximum absolute atomic E-state index is 11.2. The Kier molecular flexibility index (Phi) is 3.65. The normalized spacial score (nSPS) is 11.6. The molecule has 1 aromatic rings. The third kappa shape index (κ3) is 3.09. The average molecular weight is 233 g/mol. The van der Waals surface area contributed by atoms with Crippen LogP contribution < -0.4 is 5.11 Å². The van der Waals surface area contributed by atoms with E-state index in [9.17, 15) is 9.90 Å². The molecule has 0 bridgehead atoms. The van der Waals surface area contributed by atoms with Crippen LogP contribution in [0.4, 0.5) is 0 Å². The monoisotopic (exact) mass is 233 g/mol. The zero-order chi connectivity index (χ0) is 13.4. The molecule has 94 valence electrons. The molecule has 1 aromatic carbocycles. The Morgan fingerprint density at radius 2 is 1.71 bits per heavy atom. The molecule has 17 heavy (non-hydrogen) atoms. The highest BCUT2D eigenvalue weighted by molar-refractivity contribution is 5.90. The molecule has 0 aromatic heterocycles. The molecule has 1 rings (SSSR count). The fourth-order valence-electron chi connectivity index (χ4n) is 2.34. The van der Waals surface area contributed by atoms with Crippen LogP contribution in [0.3, 0.4) is 0 Å². The van der Waals surface area contributed by atoms with Crippen molar-refractivity contribution in [3.05, 3.63) is 33.9 Å². The third-order valence-electron chi connectivity index (χ3n) is 3.04. The first-order chi connectivity index (χ1) is 7.63. The van der Waals surface area contributed by atoms with Crippen LogP contribution in [-0.4, -0.2) is 5.97 Å². The van der Waals surface area contributed by atoms with Crippen molar-refractivity contribution in [2.45, 2.75) is 48.0 Å². The molecule has 0 amide bonds. The molecular weight excluding hydrogens is 212 g/mol. The number of carbonyl (C=O) groups is 1. The predicted molar refractivity (Wildman–Crippen MR) is 68.1 cm³/mol. The van der Waals surface area contributed by atoms with Gasteiger partial charge in [0.1, 0.15) is 0 Å². The van der Waals surface area contributed by atoms with Gasteiger partial charge in [-0.25, -0.2) is 0 Å². The number of carbonyl (C=O) groups excluding carboxylic acids is 1. The van der Waals surface area contributed by atoms with E-state index in [-0.39, 0.29) is 5.41 Å². The second-order valence-corrected chi connectivity index (χ2v) is 6.01. The van der Waals surface area contributed by atoms with E-state index in [1.807, 2.05) is 26.8 Å². The lowest BCUT2D eigenvalue weighted by atomic mass is 9.82. The molecule has 0 aliphatic rings. The second kappa shape index (κ2) is 4.52. The number of benzene rings is 1.